The molecule has 190 valence electrons. The highest BCUT2D eigenvalue weighted by Crippen LogP contribution is 2.49. The third-order valence-corrected chi connectivity index (χ3v) is 8.77. The van der Waals surface area contributed by atoms with Crippen LogP contribution in [0.4, 0.5) is 17.6 Å². The second kappa shape index (κ2) is 8.56. The summed E-state index contributed by atoms with van der Waals surface area (Å²) >= 11 is 0. The fraction of sp³-hybridized carbons (Fsp3) is 0.440. The van der Waals surface area contributed by atoms with Gasteiger partial charge >= 0.3 is 6.18 Å². The molecular weight excluding hydrogens is 496 g/mol. The van der Waals surface area contributed by atoms with Gasteiger partial charge in [0.05, 0.1) is 22.5 Å². The Hall–Kier alpha value is -2.97. The molecule has 1 N–H and O–H groups in total. The zero-order valence-electron chi connectivity index (χ0n) is 19.5. The summed E-state index contributed by atoms with van der Waals surface area (Å²) in [5.41, 5.74) is -0.323. The van der Waals surface area contributed by atoms with Crippen molar-refractivity contribution in [1.82, 2.24) is 14.3 Å². The van der Waals surface area contributed by atoms with E-state index in [9.17, 15) is 31.2 Å². The van der Waals surface area contributed by atoms with Crippen LogP contribution in [0.1, 0.15) is 62.1 Å². The van der Waals surface area contributed by atoms with Crippen molar-refractivity contribution >= 4 is 20.9 Å². The van der Waals surface area contributed by atoms with Crippen LogP contribution < -0.4 is 4.72 Å². The van der Waals surface area contributed by atoms with Crippen molar-refractivity contribution in [3.05, 3.63) is 47.4 Å². The SMILES string of the molecule is Cc1cc2c(cc1F)c(C#N)c(-c1ccc(S(=O)(=O)NC3(C(F)(F)F)CC3)cn1)n2C1CCCCC1. The Morgan fingerprint density at radius 1 is 1.17 bits per heavy atom. The number of nitriles is 1. The van der Waals surface area contributed by atoms with Gasteiger partial charge in [-0.05, 0) is 62.4 Å². The molecule has 2 aliphatic carbocycles. The highest BCUT2D eigenvalue weighted by molar-refractivity contribution is 7.89. The van der Waals surface area contributed by atoms with E-state index in [-0.39, 0.29) is 24.4 Å². The van der Waals surface area contributed by atoms with E-state index in [2.05, 4.69) is 11.1 Å². The molecule has 0 atom stereocenters. The van der Waals surface area contributed by atoms with Crippen LogP contribution in [0.5, 0.6) is 0 Å². The summed E-state index contributed by atoms with van der Waals surface area (Å²) in [7, 11) is -4.47. The highest BCUT2D eigenvalue weighted by Gasteiger charge is 2.65. The first kappa shape index (κ1) is 24.7. The number of alkyl halides is 3. The second-order valence-corrected chi connectivity index (χ2v) is 11.4. The molecule has 3 aromatic rings. The third kappa shape index (κ3) is 4.06. The predicted molar refractivity (Wildman–Crippen MR) is 125 cm³/mol. The van der Waals surface area contributed by atoms with E-state index in [1.165, 1.54) is 18.2 Å². The van der Waals surface area contributed by atoms with Gasteiger partial charge in [0.15, 0.2) is 0 Å². The molecule has 5 rings (SSSR count). The van der Waals surface area contributed by atoms with Gasteiger partial charge in [-0.3, -0.25) is 4.98 Å². The molecule has 2 fully saturated rings. The number of aromatic nitrogens is 2. The second-order valence-electron chi connectivity index (χ2n) is 9.68. The van der Waals surface area contributed by atoms with Crippen molar-refractivity contribution in [3.63, 3.8) is 0 Å². The molecule has 0 bridgehead atoms. The first-order valence-electron chi connectivity index (χ1n) is 11.8. The zero-order valence-corrected chi connectivity index (χ0v) is 20.3. The minimum absolute atomic E-state index is 0.0524. The molecule has 0 radical (unpaired) electrons. The molecule has 6 nitrogen and oxygen atoms in total. The van der Waals surface area contributed by atoms with Crippen molar-refractivity contribution in [1.29, 1.82) is 5.26 Å². The molecule has 2 saturated carbocycles. The van der Waals surface area contributed by atoms with Gasteiger partial charge in [-0.25, -0.2) is 12.8 Å². The van der Waals surface area contributed by atoms with E-state index in [0.717, 1.165) is 38.3 Å². The number of nitrogens with one attached hydrogen (secondary N) is 1. The fourth-order valence-electron chi connectivity index (χ4n) is 5.08. The Balaban J connectivity index is 1.61. The molecule has 0 aliphatic heterocycles. The van der Waals surface area contributed by atoms with Gasteiger partial charge in [0.1, 0.15) is 22.3 Å². The van der Waals surface area contributed by atoms with Crippen LogP contribution in [0.3, 0.4) is 0 Å². The Labute approximate surface area is 206 Å². The predicted octanol–water partition coefficient (Wildman–Crippen LogP) is 5.90. The molecule has 2 aromatic heterocycles. The summed E-state index contributed by atoms with van der Waals surface area (Å²) in [6.07, 6.45) is 0.521. The molecule has 36 heavy (non-hydrogen) atoms. The lowest BCUT2D eigenvalue weighted by Gasteiger charge is -2.26. The van der Waals surface area contributed by atoms with Crippen molar-refractivity contribution in [2.45, 2.75) is 74.5 Å². The zero-order chi connectivity index (χ0) is 25.9. The lowest BCUT2D eigenvalue weighted by molar-refractivity contribution is -0.160. The third-order valence-electron chi connectivity index (χ3n) is 7.25. The summed E-state index contributed by atoms with van der Waals surface area (Å²) in [6, 6.07) is 7.83. The van der Waals surface area contributed by atoms with E-state index in [1.54, 1.807) is 17.7 Å². The molecule has 2 heterocycles. The summed E-state index contributed by atoms with van der Waals surface area (Å²) < 4.78 is 83.5. The Morgan fingerprint density at radius 2 is 1.86 bits per heavy atom. The summed E-state index contributed by atoms with van der Waals surface area (Å²) in [6.45, 7) is 1.65. The van der Waals surface area contributed by atoms with E-state index in [1.807, 2.05) is 4.57 Å². The van der Waals surface area contributed by atoms with Gasteiger partial charge in [-0.15, -0.1) is 0 Å². The van der Waals surface area contributed by atoms with E-state index < -0.39 is 32.5 Å². The first-order chi connectivity index (χ1) is 17.0. The van der Waals surface area contributed by atoms with Crippen LogP contribution in [0.25, 0.3) is 22.3 Å². The van der Waals surface area contributed by atoms with E-state index in [0.29, 0.717) is 27.9 Å². The van der Waals surface area contributed by atoms with Crippen molar-refractivity contribution in [2.75, 3.05) is 0 Å². The molecule has 0 saturated heterocycles. The van der Waals surface area contributed by atoms with Crippen LogP contribution in [-0.2, 0) is 10.0 Å². The Kier molecular flexibility index (Phi) is 5.87. The number of hydrogen-bond donors (Lipinski definition) is 1. The maximum atomic E-state index is 14.5. The van der Waals surface area contributed by atoms with Crippen molar-refractivity contribution in [2.24, 2.45) is 0 Å². The first-order valence-corrected chi connectivity index (χ1v) is 13.3. The summed E-state index contributed by atoms with van der Waals surface area (Å²) in [4.78, 5) is 3.87. The number of fused-ring (bicyclic) bond motifs is 1. The van der Waals surface area contributed by atoms with Gasteiger partial charge in [-0.1, -0.05) is 19.3 Å². The normalized spacial score (nSPS) is 18.3. The number of hydrogen-bond acceptors (Lipinski definition) is 4. The lowest BCUT2D eigenvalue weighted by atomic mass is 9.95. The van der Waals surface area contributed by atoms with Gasteiger partial charge in [0.2, 0.25) is 10.0 Å². The summed E-state index contributed by atoms with van der Waals surface area (Å²) in [5.74, 6) is -0.439. The number of aryl methyl sites for hydroxylation is 1. The smallest absolute Gasteiger partial charge is 0.335 e. The van der Waals surface area contributed by atoms with Gasteiger partial charge in [-0.2, -0.15) is 23.2 Å². The molecular formula is C25H24F4N4O2S. The van der Waals surface area contributed by atoms with Crippen LogP contribution in [0.2, 0.25) is 0 Å². The van der Waals surface area contributed by atoms with E-state index in [4.69, 9.17) is 0 Å². The number of halogens is 4. The van der Waals surface area contributed by atoms with Crippen LogP contribution in [-0.4, -0.2) is 29.7 Å². The van der Waals surface area contributed by atoms with Crippen molar-refractivity contribution in [3.8, 4) is 17.5 Å². The van der Waals surface area contributed by atoms with E-state index >= 15 is 0 Å². The lowest BCUT2D eigenvalue weighted by Crippen LogP contribution is -2.47. The molecule has 0 unspecified atom stereocenters. The quantitative estimate of drug-likeness (QED) is 0.424. The average molecular weight is 521 g/mol. The summed E-state index contributed by atoms with van der Waals surface area (Å²) in [5, 5.41) is 10.5. The molecule has 2 aliphatic rings. The molecule has 1 aromatic carbocycles. The van der Waals surface area contributed by atoms with Gasteiger partial charge < -0.3 is 4.57 Å². The number of rotatable bonds is 5. The number of pyridine rings is 1. The van der Waals surface area contributed by atoms with Crippen LogP contribution in [0.15, 0.2) is 35.4 Å². The van der Waals surface area contributed by atoms with Crippen molar-refractivity contribution < 1.29 is 26.0 Å². The minimum Gasteiger partial charge on any atom is -0.335 e. The van der Waals surface area contributed by atoms with Gasteiger partial charge in [0.25, 0.3) is 0 Å². The number of sulfonamides is 1. The Morgan fingerprint density at radius 3 is 2.42 bits per heavy atom. The largest absolute Gasteiger partial charge is 0.407 e. The highest BCUT2D eigenvalue weighted by atomic mass is 32.2. The number of nitrogens with zero attached hydrogens (tertiary/aromatic N) is 3. The fourth-order valence-corrected chi connectivity index (χ4v) is 6.47. The number of benzene rings is 1. The standard InChI is InChI=1S/C25H24F4N4O2S/c1-15-11-22-18(12-20(15)26)19(13-30)23(33(22)16-5-3-2-4-6-16)21-8-7-17(14-31-21)36(34,35)32-24(9-10-24)25(27,28)29/h7-8,11-12,14,16,32H,2-6,9-10H2,1H3. The minimum atomic E-state index is -4.69. The Bertz CT molecular complexity index is 1480. The monoisotopic (exact) mass is 520 g/mol. The molecule has 0 spiro atoms. The van der Waals surface area contributed by atoms with Crippen LogP contribution >= 0.6 is 0 Å². The average Bonchev–Trinajstić information content (AvgIpc) is 3.55. The topological polar surface area (TPSA) is 87.8 Å². The maximum Gasteiger partial charge on any atom is 0.407 e. The molecule has 0 amide bonds. The van der Waals surface area contributed by atoms with Crippen LogP contribution in [0, 0.1) is 24.1 Å². The molecule has 11 heteroatoms. The van der Waals surface area contributed by atoms with Gasteiger partial charge in [0, 0.05) is 17.6 Å². The maximum absolute atomic E-state index is 14.5.